The van der Waals surface area contributed by atoms with Gasteiger partial charge in [-0.2, -0.15) is 0 Å². The molecule has 1 fully saturated rings. The summed E-state index contributed by atoms with van der Waals surface area (Å²) in [6.45, 7) is -11.5. The van der Waals surface area contributed by atoms with E-state index in [1.807, 2.05) is 5.32 Å². The number of benzene rings is 1. The fraction of sp³-hybridized carbons (Fsp3) is 0.588. The zero-order valence-electron chi connectivity index (χ0n) is 28.1. The number of likely N-dealkylation sites (tertiary alicyclic amines) is 1. The molecule has 1 atom stereocenters. The Balaban J connectivity index is 2.70. The molecule has 1 aromatic rings. The van der Waals surface area contributed by atoms with E-state index < -0.39 is 100 Å². The number of carbonyl (C=O) groups is 1. The summed E-state index contributed by atoms with van der Waals surface area (Å²) in [7, 11) is -7.28. The second-order valence-electron chi connectivity index (χ2n) is 4.83. The lowest BCUT2D eigenvalue weighted by Crippen LogP contribution is -2.40. The van der Waals surface area contributed by atoms with Gasteiger partial charge in [-0.3, -0.25) is 9.69 Å². The molecule has 8 heteroatoms. The molecule has 1 aliphatic heterocycles. The number of methoxy groups -OCH3 is 1. The Morgan fingerprint density at radius 3 is 3.12 bits per heavy atom. The van der Waals surface area contributed by atoms with Gasteiger partial charge >= 0.3 is 0 Å². The molecule has 1 aliphatic rings. The lowest BCUT2D eigenvalue weighted by Gasteiger charge is -2.23. The van der Waals surface area contributed by atoms with Crippen molar-refractivity contribution in [3.63, 3.8) is 0 Å². The van der Waals surface area contributed by atoms with E-state index in [1.54, 1.807) is 0 Å². The number of amides is 1. The molecule has 1 heterocycles. The summed E-state index contributed by atoms with van der Waals surface area (Å²) in [4.78, 5) is 12.1. The SMILES string of the molecule is [2H]C([2H])([2H])Oc1cc(N)c(S(=O)(=O)CC)cc1C(=O)NCC1([2H])N(C([2H])([2H])C([2H])([2H])[2H])C([2H])([2H])C([2H])([2H])C1([2H])[2H]. The molecule has 140 valence electrons. The van der Waals surface area contributed by atoms with Gasteiger partial charge in [0.25, 0.3) is 5.91 Å². The van der Waals surface area contributed by atoms with Crippen molar-refractivity contribution in [3.8, 4) is 5.75 Å². The van der Waals surface area contributed by atoms with Crippen LogP contribution >= 0.6 is 0 Å². The van der Waals surface area contributed by atoms with Crippen molar-refractivity contribution < 1.29 is 38.5 Å². The molecular formula is C17H27N3O4S. The van der Waals surface area contributed by atoms with E-state index in [9.17, 15) is 13.2 Å². The van der Waals surface area contributed by atoms with Gasteiger partial charge in [-0.15, -0.1) is 0 Å². The Hall–Kier alpha value is -1.80. The molecule has 1 unspecified atom stereocenters. The second kappa shape index (κ2) is 8.05. The zero-order valence-corrected chi connectivity index (χ0v) is 14.0. The van der Waals surface area contributed by atoms with Crippen LogP contribution in [0.5, 0.6) is 5.75 Å². The highest BCUT2D eigenvalue weighted by Crippen LogP contribution is 2.29. The molecule has 0 spiro atoms. The summed E-state index contributed by atoms with van der Waals surface area (Å²) in [6.07, 6.45) is -7.38. The highest BCUT2D eigenvalue weighted by atomic mass is 32.2. The number of nitrogens with two attached hydrogens (primary N) is 1. The molecule has 3 N–H and O–H groups in total. The monoisotopic (exact) mass is 384 g/mol. The van der Waals surface area contributed by atoms with Gasteiger partial charge < -0.3 is 15.8 Å². The summed E-state index contributed by atoms with van der Waals surface area (Å²) < 4.78 is 147. The minimum absolute atomic E-state index is 0.448. The van der Waals surface area contributed by atoms with Crippen LogP contribution in [0.3, 0.4) is 0 Å². The van der Waals surface area contributed by atoms with Crippen molar-refractivity contribution in [2.45, 2.75) is 37.4 Å². The minimum atomic E-state index is -4.10. The Morgan fingerprint density at radius 2 is 2.44 bits per heavy atom. The van der Waals surface area contributed by atoms with Crippen LogP contribution in [0.4, 0.5) is 5.69 Å². The molecule has 2 rings (SSSR count). The Bertz CT molecular complexity index is 1280. The van der Waals surface area contributed by atoms with Gasteiger partial charge in [-0.25, -0.2) is 8.42 Å². The van der Waals surface area contributed by atoms with Crippen molar-refractivity contribution in [2.24, 2.45) is 0 Å². The molecule has 0 saturated carbocycles. The number of rotatable bonds is 7. The standard InChI is InChI=1S/C17H27N3O4S/c1-4-20-8-6-7-12(20)11-19-17(21)13-9-16(25(22,23)5-2)14(18)10-15(13)24-3/h9-10,12H,4-8,11,18H2,1-3H3,(H,19,21)/i1D3,3D3,4D2,6D2,7D2,8D2,12D. The molecular weight excluding hydrogens is 342 g/mol. The number of hydrogen-bond acceptors (Lipinski definition) is 6. The number of ether oxygens (including phenoxy) is 1. The summed E-state index contributed by atoms with van der Waals surface area (Å²) in [5.41, 5.74) is 4.45. The molecule has 0 bridgehead atoms. The Morgan fingerprint density at radius 1 is 1.64 bits per heavy atom. The molecule has 1 aromatic carbocycles. The average Bonchev–Trinajstić information content (AvgIpc) is 2.82. The number of sulfone groups is 1. The lowest BCUT2D eigenvalue weighted by molar-refractivity contribution is 0.0938. The van der Waals surface area contributed by atoms with Gasteiger partial charge in [0.1, 0.15) is 5.75 Å². The summed E-state index contributed by atoms with van der Waals surface area (Å²) >= 11 is 0. The highest BCUT2D eigenvalue weighted by Gasteiger charge is 2.25. The van der Waals surface area contributed by atoms with Crippen LogP contribution in [0, 0.1) is 0 Å². The number of hydrogen-bond donors (Lipinski definition) is 2. The summed E-state index contributed by atoms with van der Waals surface area (Å²) in [5.74, 6) is -2.69. The van der Waals surface area contributed by atoms with Crippen molar-refractivity contribution >= 4 is 21.4 Å². The van der Waals surface area contributed by atoms with Crippen molar-refractivity contribution in [3.05, 3.63) is 17.7 Å². The van der Waals surface area contributed by atoms with Gasteiger partial charge in [0.15, 0.2) is 9.84 Å². The van der Waals surface area contributed by atoms with E-state index in [4.69, 9.17) is 31.0 Å². The first-order valence-corrected chi connectivity index (χ1v) is 8.62. The first-order chi connectivity index (χ1) is 17.5. The van der Waals surface area contributed by atoms with E-state index in [2.05, 4.69) is 0 Å². The molecule has 0 aliphatic carbocycles. The Kier molecular flexibility index (Phi) is 2.40. The van der Waals surface area contributed by atoms with Crippen molar-refractivity contribution in [1.29, 1.82) is 0 Å². The summed E-state index contributed by atoms with van der Waals surface area (Å²) in [5, 5.41) is 1.92. The molecule has 0 radical (unpaired) electrons. The van der Waals surface area contributed by atoms with E-state index >= 15 is 0 Å². The highest BCUT2D eigenvalue weighted by molar-refractivity contribution is 7.91. The van der Waals surface area contributed by atoms with E-state index in [0.29, 0.717) is 6.07 Å². The maximum atomic E-state index is 13.2. The maximum Gasteiger partial charge on any atom is 0.255 e. The molecule has 1 saturated heterocycles. The topological polar surface area (TPSA) is 102 Å². The molecule has 25 heavy (non-hydrogen) atoms. The molecule has 7 nitrogen and oxygen atoms in total. The first kappa shape index (κ1) is 7.44. The second-order valence-corrected chi connectivity index (χ2v) is 7.08. The van der Waals surface area contributed by atoms with E-state index in [0.717, 1.165) is 6.07 Å². The smallest absolute Gasteiger partial charge is 0.255 e. The van der Waals surface area contributed by atoms with Crippen LogP contribution in [-0.4, -0.2) is 57.6 Å². The predicted molar refractivity (Wildman–Crippen MR) is 97.7 cm³/mol. The predicted octanol–water partition coefficient (Wildman–Crippen LogP) is 1.29. The zero-order chi connectivity index (χ0) is 31.7. The number of anilines is 1. The van der Waals surface area contributed by atoms with E-state index in [1.165, 1.54) is 6.92 Å². The van der Waals surface area contributed by atoms with Gasteiger partial charge in [0.2, 0.25) is 0 Å². The number of carbonyl (C=O) groups excluding carboxylic acids is 1. The third-order valence-electron chi connectivity index (χ3n) is 3.35. The Labute approximate surface area is 170 Å². The quantitative estimate of drug-likeness (QED) is 0.687. The first-order valence-electron chi connectivity index (χ1n) is 14.5. The third-order valence-corrected chi connectivity index (χ3v) is 5.14. The minimum Gasteiger partial charge on any atom is -0.496 e. The van der Waals surface area contributed by atoms with Gasteiger partial charge in [0.05, 0.1) is 33.0 Å². The van der Waals surface area contributed by atoms with Crippen LogP contribution in [0.2, 0.25) is 0 Å². The average molecular weight is 385 g/mol. The maximum absolute atomic E-state index is 13.2. The van der Waals surface area contributed by atoms with Gasteiger partial charge in [-0.05, 0) is 31.8 Å². The number of nitrogens with zero attached hydrogens (tertiary/aromatic N) is 1. The van der Waals surface area contributed by atoms with Gasteiger partial charge in [0, 0.05) is 35.1 Å². The number of nitrogen functional groups attached to an aromatic ring is 1. The fourth-order valence-corrected chi connectivity index (χ4v) is 3.05. The molecule has 1 amide bonds. The third kappa shape index (κ3) is 4.24. The van der Waals surface area contributed by atoms with Crippen LogP contribution in [0.1, 0.15) is 57.4 Å². The van der Waals surface area contributed by atoms with Crippen LogP contribution in [-0.2, 0) is 9.84 Å². The van der Waals surface area contributed by atoms with Crippen molar-refractivity contribution in [2.75, 3.05) is 38.1 Å². The lowest BCUT2D eigenvalue weighted by atomic mass is 10.1. The van der Waals surface area contributed by atoms with Crippen molar-refractivity contribution in [1.82, 2.24) is 10.2 Å². The van der Waals surface area contributed by atoms with Crippen LogP contribution < -0.4 is 15.8 Å². The number of likely N-dealkylation sites (N-methyl/N-ethyl adjacent to an activating group) is 1. The van der Waals surface area contributed by atoms with E-state index in [-0.39, 0.29) is 0 Å². The van der Waals surface area contributed by atoms with Gasteiger partial charge in [-0.1, -0.05) is 13.8 Å². The summed E-state index contributed by atoms with van der Waals surface area (Å²) in [6, 6.07) is -2.08. The fourth-order valence-electron chi connectivity index (χ4n) is 2.02. The normalized spacial score (nSPS) is 37.7. The van der Waals surface area contributed by atoms with Crippen LogP contribution in [0.25, 0.3) is 0 Å². The van der Waals surface area contributed by atoms with Crippen LogP contribution in [0.15, 0.2) is 17.0 Å². The number of nitrogens with one attached hydrogen (secondary N) is 1. The molecule has 0 aromatic heterocycles. The largest absolute Gasteiger partial charge is 0.496 e.